The molecule has 2 aromatic rings. The molecule has 3 heterocycles. The Morgan fingerprint density at radius 2 is 2.14 bits per heavy atom. The molecule has 21 heavy (non-hydrogen) atoms. The van der Waals surface area contributed by atoms with Crippen LogP contribution in [0.3, 0.4) is 0 Å². The zero-order valence-electron chi connectivity index (χ0n) is 12.2. The molecule has 2 N–H and O–H groups in total. The Balaban J connectivity index is 1.75. The molecule has 0 fully saturated rings. The molecule has 5 nitrogen and oxygen atoms in total. The number of hydrogen-bond acceptors (Lipinski definition) is 4. The topological polar surface area (TPSA) is 45.1 Å². The van der Waals surface area contributed by atoms with Gasteiger partial charge in [0.15, 0.2) is 0 Å². The lowest BCUT2D eigenvalue weighted by Crippen LogP contribution is -2.31. The van der Waals surface area contributed by atoms with Crippen LogP contribution in [-0.4, -0.2) is 16.3 Å². The third kappa shape index (κ3) is 2.00. The van der Waals surface area contributed by atoms with E-state index in [1.54, 1.807) is 0 Å². The minimum atomic E-state index is 0.772. The van der Waals surface area contributed by atoms with Crippen molar-refractivity contribution in [2.24, 2.45) is 7.05 Å². The van der Waals surface area contributed by atoms with Crippen LogP contribution in [0, 0.1) is 6.92 Å². The third-order valence-corrected chi connectivity index (χ3v) is 4.68. The van der Waals surface area contributed by atoms with Gasteiger partial charge in [-0.15, -0.1) is 0 Å². The number of nitrogens with zero attached hydrogens (tertiary/aromatic N) is 3. The largest absolute Gasteiger partial charge is 0.366 e. The Hall–Kier alpha value is -1.72. The number of benzene rings is 1. The highest BCUT2D eigenvalue weighted by Gasteiger charge is 2.26. The predicted octanol–water partition coefficient (Wildman–Crippen LogP) is 2.37. The molecule has 1 aromatic heterocycles. The summed E-state index contributed by atoms with van der Waals surface area (Å²) in [4.78, 5) is 2.41. The van der Waals surface area contributed by atoms with E-state index in [0.29, 0.717) is 0 Å². The fourth-order valence-electron chi connectivity index (χ4n) is 3.41. The second-order valence-corrected chi connectivity index (χ2v) is 6.17. The maximum atomic E-state index is 6.27. The molecule has 0 spiro atoms. The van der Waals surface area contributed by atoms with Crippen LogP contribution in [0.1, 0.15) is 22.5 Å². The van der Waals surface area contributed by atoms with Gasteiger partial charge >= 0.3 is 0 Å². The van der Waals surface area contributed by atoms with E-state index in [4.69, 9.17) is 11.6 Å². The minimum absolute atomic E-state index is 0.772. The van der Waals surface area contributed by atoms with Crippen molar-refractivity contribution in [1.82, 2.24) is 15.2 Å². The molecule has 0 unspecified atom stereocenters. The number of halogens is 1. The van der Waals surface area contributed by atoms with Gasteiger partial charge in [-0.2, -0.15) is 5.10 Å². The smallest absolute Gasteiger partial charge is 0.0646 e. The highest BCUT2D eigenvalue weighted by atomic mass is 35.5. The van der Waals surface area contributed by atoms with Crippen LogP contribution in [0.2, 0.25) is 5.02 Å². The monoisotopic (exact) mass is 303 g/mol. The van der Waals surface area contributed by atoms with Gasteiger partial charge in [-0.1, -0.05) is 11.6 Å². The lowest BCUT2D eigenvalue weighted by molar-refractivity contribution is 0.654. The fraction of sp³-hybridized carbons (Fsp3) is 0.400. The molecular weight excluding hydrogens is 286 g/mol. The molecule has 6 heteroatoms. The van der Waals surface area contributed by atoms with E-state index >= 15 is 0 Å². The molecule has 0 radical (unpaired) electrons. The quantitative estimate of drug-likeness (QED) is 0.849. The van der Waals surface area contributed by atoms with Gasteiger partial charge in [-0.05, 0) is 19.1 Å². The number of rotatable bonds is 1. The van der Waals surface area contributed by atoms with Crippen LogP contribution in [0.15, 0.2) is 12.1 Å². The first-order valence-electron chi connectivity index (χ1n) is 7.21. The Bertz CT molecular complexity index is 721. The molecule has 4 rings (SSSR count). The first kappa shape index (κ1) is 13.0. The Morgan fingerprint density at radius 3 is 3.00 bits per heavy atom. The van der Waals surface area contributed by atoms with Crippen LogP contribution >= 0.6 is 11.6 Å². The summed E-state index contributed by atoms with van der Waals surface area (Å²) in [6.45, 7) is 4.83. The maximum absolute atomic E-state index is 6.27. The van der Waals surface area contributed by atoms with Crippen molar-refractivity contribution in [1.29, 1.82) is 0 Å². The van der Waals surface area contributed by atoms with Crippen molar-refractivity contribution < 1.29 is 0 Å². The highest BCUT2D eigenvalue weighted by molar-refractivity contribution is 6.31. The first-order valence-corrected chi connectivity index (χ1v) is 7.59. The zero-order valence-corrected chi connectivity index (χ0v) is 13.0. The second-order valence-electron chi connectivity index (χ2n) is 5.74. The van der Waals surface area contributed by atoms with Gasteiger partial charge < -0.3 is 10.3 Å². The fourth-order valence-corrected chi connectivity index (χ4v) is 3.63. The summed E-state index contributed by atoms with van der Waals surface area (Å²) in [7, 11) is 2.03. The minimum Gasteiger partial charge on any atom is -0.366 e. The Labute approximate surface area is 128 Å². The number of hydrazine groups is 1. The van der Waals surface area contributed by atoms with Gasteiger partial charge in [0, 0.05) is 60.6 Å². The number of aromatic nitrogens is 2. The van der Waals surface area contributed by atoms with E-state index < -0.39 is 0 Å². The summed E-state index contributed by atoms with van der Waals surface area (Å²) in [5, 5.41) is 5.32. The van der Waals surface area contributed by atoms with E-state index in [1.165, 1.54) is 22.5 Å². The summed E-state index contributed by atoms with van der Waals surface area (Å²) in [6.07, 6.45) is 1.02. The lowest BCUT2D eigenvalue weighted by atomic mass is 10.0. The molecule has 0 saturated carbocycles. The number of hydrogen-bond donors (Lipinski definition) is 2. The summed E-state index contributed by atoms with van der Waals surface area (Å²) >= 11 is 6.27. The molecule has 2 aliphatic rings. The molecule has 110 valence electrons. The van der Waals surface area contributed by atoms with Gasteiger partial charge in [0.2, 0.25) is 0 Å². The van der Waals surface area contributed by atoms with Crippen LogP contribution in [-0.2, 0) is 26.6 Å². The number of aryl methyl sites for hydroxylation is 2. The zero-order chi connectivity index (χ0) is 14.6. The maximum Gasteiger partial charge on any atom is 0.0646 e. The van der Waals surface area contributed by atoms with Crippen molar-refractivity contribution in [3.8, 4) is 0 Å². The summed E-state index contributed by atoms with van der Waals surface area (Å²) < 4.78 is 2.02. The van der Waals surface area contributed by atoms with Crippen molar-refractivity contribution >= 4 is 23.0 Å². The Morgan fingerprint density at radius 1 is 1.29 bits per heavy atom. The van der Waals surface area contributed by atoms with E-state index in [-0.39, 0.29) is 0 Å². The molecular formula is C15H18ClN5. The van der Waals surface area contributed by atoms with Gasteiger partial charge in [-0.3, -0.25) is 4.68 Å². The summed E-state index contributed by atoms with van der Waals surface area (Å²) in [5.41, 5.74) is 13.8. The van der Waals surface area contributed by atoms with Crippen molar-refractivity contribution in [3.63, 3.8) is 0 Å². The van der Waals surface area contributed by atoms with Gasteiger partial charge in [0.1, 0.15) is 0 Å². The first-order chi connectivity index (χ1) is 10.1. The Kier molecular flexibility index (Phi) is 2.87. The van der Waals surface area contributed by atoms with Crippen molar-refractivity contribution in [2.45, 2.75) is 26.4 Å². The normalized spacial score (nSPS) is 16.6. The highest BCUT2D eigenvalue weighted by Crippen LogP contribution is 2.36. The van der Waals surface area contributed by atoms with E-state index in [0.717, 1.165) is 42.5 Å². The molecule has 0 saturated heterocycles. The average Bonchev–Trinajstić information content (AvgIpc) is 3.03. The number of nitrogens with one attached hydrogen (secondary N) is 2. The summed E-state index contributed by atoms with van der Waals surface area (Å²) in [6, 6.07) is 4.05. The van der Waals surface area contributed by atoms with Crippen molar-refractivity contribution in [2.75, 3.05) is 16.9 Å². The lowest BCUT2D eigenvalue weighted by Gasteiger charge is -2.31. The molecule has 0 amide bonds. The van der Waals surface area contributed by atoms with Gasteiger partial charge in [-0.25, -0.2) is 5.43 Å². The second kappa shape index (κ2) is 4.64. The van der Waals surface area contributed by atoms with Gasteiger partial charge in [0.25, 0.3) is 0 Å². The molecule has 1 aromatic carbocycles. The van der Waals surface area contributed by atoms with Crippen LogP contribution in [0.25, 0.3) is 0 Å². The third-order valence-electron chi connectivity index (χ3n) is 4.46. The van der Waals surface area contributed by atoms with E-state index in [9.17, 15) is 0 Å². The van der Waals surface area contributed by atoms with Gasteiger partial charge in [0.05, 0.1) is 11.4 Å². The van der Waals surface area contributed by atoms with E-state index in [2.05, 4.69) is 33.8 Å². The number of anilines is 2. The molecule has 0 aliphatic carbocycles. The number of fused-ring (bicyclic) bond motifs is 2. The average molecular weight is 304 g/mol. The van der Waals surface area contributed by atoms with Crippen LogP contribution in [0.5, 0.6) is 0 Å². The van der Waals surface area contributed by atoms with E-state index in [1.807, 2.05) is 17.8 Å². The molecule has 0 atom stereocenters. The van der Waals surface area contributed by atoms with Crippen LogP contribution < -0.4 is 15.8 Å². The standard InChI is InChI=1S/C15H18ClN5/c1-9-12-8-21(4-3-14(12)20(2)19-9)15-6-10(16)5-13-11(15)7-17-18-13/h5-6,17-18H,3-4,7-8H2,1-2H3. The predicted molar refractivity (Wildman–Crippen MR) is 84.6 cm³/mol. The molecule has 0 bridgehead atoms. The SMILES string of the molecule is Cc1nn(C)c2c1CN(c1cc(Cl)cc3c1CNN3)CC2. The molecule has 2 aliphatic heterocycles. The van der Waals surface area contributed by atoms with Crippen molar-refractivity contribution in [3.05, 3.63) is 39.7 Å². The summed E-state index contributed by atoms with van der Waals surface area (Å²) in [5.74, 6) is 0. The van der Waals surface area contributed by atoms with Crippen LogP contribution in [0.4, 0.5) is 11.4 Å².